The Morgan fingerprint density at radius 1 is 1.21 bits per heavy atom. The third kappa shape index (κ3) is 3.06. The maximum absolute atomic E-state index is 11.5. The first-order chi connectivity index (χ1) is 9.11. The molecule has 3 N–H and O–H groups in total. The molecule has 2 aromatic rings. The quantitative estimate of drug-likeness (QED) is 0.670. The Hall–Kier alpha value is -2.01. The van der Waals surface area contributed by atoms with Gasteiger partial charge in [-0.25, -0.2) is 4.79 Å². The summed E-state index contributed by atoms with van der Waals surface area (Å²) < 4.78 is 5.68. The fourth-order valence-corrected chi connectivity index (χ4v) is 1.92. The second-order valence-corrected chi connectivity index (χ2v) is 4.81. The Morgan fingerprint density at radius 2 is 1.89 bits per heavy atom. The maximum Gasteiger partial charge on any atom is 0.340 e. The van der Waals surface area contributed by atoms with Gasteiger partial charge in [0.2, 0.25) is 0 Å². The van der Waals surface area contributed by atoms with Crippen LogP contribution in [-0.4, -0.2) is 13.1 Å². The standard InChI is InChI=1S/C14H13BrN2O2/c1-19-14(18)11-3-2-4-12(13(11)16)17-10-7-5-9(15)6-8-10/h2-8,17H,16H2,1H3. The van der Waals surface area contributed by atoms with Crippen molar-refractivity contribution >= 4 is 39.0 Å². The molecule has 0 spiro atoms. The van der Waals surface area contributed by atoms with Crippen molar-refractivity contribution in [1.29, 1.82) is 0 Å². The van der Waals surface area contributed by atoms with E-state index in [0.717, 1.165) is 10.2 Å². The highest BCUT2D eigenvalue weighted by molar-refractivity contribution is 9.10. The number of esters is 1. The number of halogens is 1. The van der Waals surface area contributed by atoms with E-state index in [1.807, 2.05) is 30.3 Å². The number of nitrogens with two attached hydrogens (primary N) is 1. The summed E-state index contributed by atoms with van der Waals surface area (Å²) >= 11 is 3.37. The SMILES string of the molecule is COC(=O)c1cccc(Nc2ccc(Br)cc2)c1N. The van der Waals surface area contributed by atoms with Crippen molar-refractivity contribution in [2.45, 2.75) is 0 Å². The predicted octanol–water partition coefficient (Wildman–Crippen LogP) is 3.56. The van der Waals surface area contributed by atoms with Gasteiger partial charge in [-0.05, 0) is 36.4 Å². The lowest BCUT2D eigenvalue weighted by Gasteiger charge is -2.12. The summed E-state index contributed by atoms with van der Waals surface area (Å²) in [5.41, 5.74) is 8.25. The molecule has 2 rings (SSSR count). The van der Waals surface area contributed by atoms with Crippen molar-refractivity contribution in [2.75, 3.05) is 18.2 Å². The molecule has 5 heteroatoms. The smallest absolute Gasteiger partial charge is 0.340 e. The number of carbonyl (C=O) groups excluding carboxylic acids is 1. The Balaban J connectivity index is 2.30. The number of methoxy groups -OCH3 is 1. The first kappa shape index (κ1) is 13.4. The van der Waals surface area contributed by atoms with Crippen LogP contribution < -0.4 is 11.1 Å². The summed E-state index contributed by atoms with van der Waals surface area (Å²) in [5, 5.41) is 3.17. The summed E-state index contributed by atoms with van der Waals surface area (Å²) in [6.45, 7) is 0. The fraction of sp³-hybridized carbons (Fsp3) is 0.0714. The average molecular weight is 321 g/mol. The van der Waals surface area contributed by atoms with Gasteiger partial charge in [0, 0.05) is 10.2 Å². The van der Waals surface area contributed by atoms with Gasteiger partial charge in [-0.15, -0.1) is 0 Å². The summed E-state index contributed by atoms with van der Waals surface area (Å²) in [4.78, 5) is 11.5. The van der Waals surface area contributed by atoms with E-state index in [0.29, 0.717) is 16.9 Å². The molecule has 0 aromatic heterocycles. The van der Waals surface area contributed by atoms with E-state index in [2.05, 4.69) is 26.0 Å². The number of hydrogen-bond acceptors (Lipinski definition) is 4. The maximum atomic E-state index is 11.5. The van der Waals surface area contributed by atoms with Crippen LogP contribution in [0.1, 0.15) is 10.4 Å². The molecule has 0 unspecified atom stereocenters. The lowest BCUT2D eigenvalue weighted by atomic mass is 10.1. The number of nitrogens with one attached hydrogen (secondary N) is 1. The molecule has 19 heavy (non-hydrogen) atoms. The number of benzene rings is 2. The van der Waals surface area contributed by atoms with Gasteiger partial charge in [-0.3, -0.25) is 0 Å². The minimum Gasteiger partial charge on any atom is -0.465 e. The summed E-state index contributed by atoms with van der Waals surface area (Å²) in [6.07, 6.45) is 0. The van der Waals surface area contributed by atoms with Crippen LogP contribution in [0.25, 0.3) is 0 Å². The molecule has 0 amide bonds. The molecule has 98 valence electrons. The van der Waals surface area contributed by atoms with Gasteiger partial charge >= 0.3 is 5.97 Å². The van der Waals surface area contributed by atoms with E-state index < -0.39 is 5.97 Å². The van der Waals surface area contributed by atoms with E-state index in [9.17, 15) is 4.79 Å². The molecule has 0 aliphatic heterocycles. The first-order valence-electron chi connectivity index (χ1n) is 5.61. The van der Waals surface area contributed by atoms with Crippen LogP contribution in [0, 0.1) is 0 Å². The monoisotopic (exact) mass is 320 g/mol. The normalized spacial score (nSPS) is 10.0. The van der Waals surface area contributed by atoms with Gasteiger partial charge in [-0.1, -0.05) is 22.0 Å². The van der Waals surface area contributed by atoms with E-state index in [1.165, 1.54) is 7.11 Å². The molecular weight excluding hydrogens is 308 g/mol. The second kappa shape index (κ2) is 5.75. The van der Waals surface area contributed by atoms with Gasteiger partial charge in [0.05, 0.1) is 24.0 Å². The van der Waals surface area contributed by atoms with Crippen molar-refractivity contribution in [3.05, 3.63) is 52.5 Å². The number of rotatable bonds is 3. The minimum absolute atomic E-state index is 0.351. The zero-order valence-electron chi connectivity index (χ0n) is 10.3. The van der Waals surface area contributed by atoms with Crippen LogP contribution in [0.5, 0.6) is 0 Å². The molecule has 0 saturated carbocycles. The van der Waals surface area contributed by atoms with Crippen molar-refractivity contribution in [3.63, 3.8) is 0 Å². The lowest BCUT2D eigenvalue weighted by Crippen LogP contribution is -2.07. The van der Waals surface area contributed by atoms with Crippen molar-refractivity contribution in [3.8, 4) is 0 Å². The summed E-state index contributed by atoms with van der Waals surface area (Å²) in [7, 11) is 1.33. The molecular formula is C14H13BrN2O2. The molecule has 0 saturated heterocycles. The highest BCUT2D eigenvalue weighted by Gasteiger charge is 2.12. The Bertz CT molecular complexity index is 597. The van der Waals surface area contributed by atoms with Gasteiger partial charge in [0.25, 0.3) is 0 Å². The van der Waals surface area contributed by atoms with Crippen molar-refractivity contribution in [2.24, 2.45) is 0 Å². The van der Waals surface area contributed by atoms with Crippen LogP contribution in [-0.2, 0) is 4.74 Å². The Labute approximate surface area is 119 Å². The second-order valence-electron chi connectivity index (χ2n) is 3.89. The number of anilines is 3. The van der Waals surface area contributed by atoms with Crippen LogP contribution in [0.3, 0.4) is 0 Å². The molecule has 0 aliphatic rings. The Kier molecular flexibility index (Phi) is 4.06. The molecule has 0 radical (unpaired) electrons. The number of carbonyl (C=O) groups is 1. The molecule has 0 atom stereocenters. The minimum atomic E-state index is -0.447. The molecule has 0 bridgehead atoms. The number of hydrogen-bond donors (Lipinski definition) is 2. The summed E-state index contributed by atoms with van der Waals surface area (Å²) in [5.74, 6) is -0.447. The topological polar surface area (TPSA) is 64.3 Å². The first-order valence-corrected chi connectivity index (χ1v) is 6.40. The third-order valence-electron chi connectivity index (χ3n) is 2.63. The summed E-state index contributed by atoms with van der Waals surface area (Å²) in [6, 6.07) is 12.9. The average Bonchev–Trinajstić information content (AvgIpc) is 2.43. The van der Waals surface area contributed by atoms with Gasteiger partial charge in [0.1, 0.15) is 0 Å². The predicted molar refractivity (Wildman–Crippen MR) is 79.6 cm³/mol. The van der Waals surface area contributed by atoms with E-state index in [4.69, 9.17) is 5.73 Å². The Morgan fingerprint density at radius 3 is 2.53 bits per heavy atom. The third-order valence-corrected chi connectivity index (χ3v) is 3.16. The van der Waals surface area contributed by atoms with E-state index in [1.54, 1.807) is 12.1 Å². The van der Waals surface area contributed by atoms with Crippen molar-refractivity contribution in [1.82, 2.24) is 0 Å². The fourth-order valence-electron chi connectivity index (χ4n) is 1.65. The molecule has 2 aromatic carbocycles. The molecule has 0 fully saturated rings. The largest absolute Gasteiger partial charge is 0.465 e. The number of nitrogen functional groups attached to an aromatic ring is 1. The number of para-hydroxylation sites is 1. The van der Waals surface area contributed by atoms with Crippen LogP contribution >= 0.6 is 15.9 Å². The highest BCUT2D eigenvalue weighted by atomic mass is 79.9. The van der Waals surface area contributed by atoms with Crippen LogP contribution in [0.2, 0.25) is 0 Å². The molecule has 0 aliphatic carbocycles. The van der Waals surface area contributed by atoms with E-state index in [-0.39, 0.29) is 0 Å². The number of ether oxygens (including phenoxy) is 1. The molecule has 0 heterocycles. The highest BCUT2D eigenvalue weighted by Crippen LogP contribution is 2.27. The van der Waals surface area contributed by atoms with Gasteiger partial charge < -0.3 is 15.8 Å². The molecule has 4 nitrogen and oxygen atoms in total. The van der Waals surface area contributed by atoms with Crippen LogP contribution in [0.15, 0.2) is 46.9 Å². The van der Waals surface area contributed by atoms with Crippen LogP contribution in [0.4, 0.5) is 17.1 Å². The zero-order valence-corrected chi connectivity index (χ0v) is 11.9. The van der Waals surface area contributed by atoms with Crippen molar-refractivity contribution < 1.29 is 9.53 Å². The lowest BCUT2D eigenvalue weighted by molar-refractivity contribution is 0.0602. The van der Waals surface area contributed by atoms with Gasteiger partial charge in [-0.2, -0.15) is 0 Å². The van der Waals surface area contributed by atoms with Gasteiger partial charge in [0.15, 0.2) is 0 Å². The zero-order chi connectivity index (χ0) is 13.8. The van der Waals surface area contributed by atoms with E-state index >= 15 is 0 Å².